The standard InChI is InChI=1S/C24H28F2N6O2.C11H10BrF2N3O/c1-14(2)32-24(34-20-7-17(25)6-18(26)8-20)28-22(30-32)10-21-15-4-5-16(21)13-31(12-15)19-9-23(33-3)29-27-11-19;1-6(2)17-11(15-10(12)16-17)18-9-4-7(13)3-8(14)5-9/h6-9,11,14-16,21H,4-5,10,12-13H2,1-3H3;3-6H,1-2H3/t15-,16+,21?;. The molecule has 2 fully saturated rings. The van der Waals surface area contributed by atoms with Gasteiger partial charge in [0, 0.05) is 62.0 Å². The lowest BCUT2D eigenvalue weighted by Gasteiger charge is -2.38. The first-order valence-electron chi connectivity index (χ1n) is 16.8. The molecule has 0 amide bonds. The van der Waals surface area contributed by atoms with Crippen LogP contribution < -0.4 is 19.1 Å². The molecule has 12 nitrogen and oxygen atoms in total. The van der Waals surface area contributed by atoms with Gasteiger partial charge in [0.15, 0.2) is 5.82 Å². The van der Waals surface area contributed by atoms with Crippen molar-refractivity contribution in [3.05, 3.63) is 82.5 Å². The monoisotopic (exact) mass is 787 g/mol. The molecule has 52 heavy (non-hydrogen) atoms. The van der Waals surface area contributed by atoms with Crippen LogP contribution in [0.1, 0.15) is 58.4 Å². The van der Waals surface area contributed by atoms with Gasteiger partial charge in [-0.15, -0.1) is 10.2 Å². The number of aromatic nitrogens is 8. The van der Waals surface area contributed by atoms with Crippen molar-refractivity contribution in [1.82, 2.24) is 39.7 Å². The zero-order valence-corrected chi connectivity index (χ0v) is 30.8. The highest BCUT2D eigenvalue weighted by Gasteiger charge is 2.42. The number of anilines is 1. The Labute approximate surface area is 306 Å². The molecule has 7 rings (SSSR count). The molecule has 2 bridgehead atoms. The van der Waals surface area contributed by atoms with Crippen LogP contribution in [0.5, 0.6) is 29.4 Å². The summed E-state index contributed by atoms with van der Waals surface area (Å²) in [6.45, 7) is 9.59. The number of piperidine rings is 1. The van der Waals surface area contributed by atoms with Crippen LogP contribution in [0.15, 0.2) is 53.4 Å². The number of fused-ring (bicyclic) bond motifs is 2. The Morgan fingerprint density at radius 1 is 0.750 bits per heavy atom. The fraction of sp³-hybridized carbons (Fsp3) is 0.429. The Kier molecular flexibility index (Phi) is 11.3. The second-order valence-corrected chi connectivity index (χ2v) is 14.0. The van der Waals surface area contributed by atoms with Crippen LogP contribution in [0.25, 0.3) is 0 Å². The lowest BCUT2D eigenvalue weighted by molar-refractivity contribution is 0.265. The van der Waals surface area contributed by atoms with Gasteiger partial charge in [0.25, 0.3) is 0 Å². The van der Waals surface area contributed by atoms with Crippen LogP contribution in [0.3, 0.4) is 0 Å². The fourth-order valence-corrected chi connectivity index (χ4v) is 6.94. The van der Waals surface area contributed by atoms with Gasteiger partial charge in [0.05, 0.1) is 31.1 Å². The number of rotatable bonds is 10. The highest BCUT2D eigenvalue weighted by molar-refractivity contribution is 9.10. The molecular weight excluding hydrogens is 750 g/mol. The van der Waals surface area contributed by atoms with E-state index in [9.17, 15) is 17.6 Å². The van der Waals surface area contributed by atoms with E-state index >= 15 is 0 Å². The molecule has 2 aromatic carbocycles. The summed E-state index contributed by atoms with van der Waals surface area (Å²) in [6.07, 6.45) is 4.86. The predicted octanol–water partition coefficient (Wildman–Crippen LogP) is 8.13. The maximum absolute atomic E-state index is 13.6. The first-order valence-corrected chi connectivity index (χ1v) is 17.6. The summed E-state index contributed by atoms with van der Waals surface area (Å²) in [5.74, 6) is 0.00466. The minimum atomic E-state index is -0.709. The van der Waals surface area contributed by atoms with Gasteiger partial charge in [-0.25, -0.2) is 26.9 Å². The van der Waals surface area contributed by atoms with E-state index in [-0.39, 0.29) is 35.6 Å². The maximum Gasteiger partial charge on any atom is 0.321 e. The Morgan fingerprint density at radius 3 is 1.79 bits per heavy atom. The molecular formula is C35H38BrF4N9O3. The lowest BCUT2D eigenvalue weighted by atomic mass is 9.82. The zero-order valence-electron chi connectivity index (χ0n) is 29.2. The van der Waals surface area contributed by atoms with Crippen molar-refractivity contribution in [2.75, 3.05) is 25.1 Å². The number of benzene rings is 2. The van der Waals surface area contributed by atoms with Crippen LogP contribution in [0, 0.1) is 41.0 Å². The van der Waals surface area contributed by atoms with Gasteiger partial charge in [-0.3, -0.25) is 0 Å². The average molecular weight is 789 g/mol. The molecule has 5 aromatic rings. The first kappa shape index (κ1) is 37.0. The van der Waals surface area contributed by atoms with E-state index in [1.165, 1.54) is 4.68 Å². The van der Waals surface area contributed by atoms with Crippen molar-refractivity contribution in [3.63, 3.8) is 0 Å². The van der Waals surface area contributed by atoms with Gasteiger partial charge < -0.3 is 19.1 Å². The normalized spacial score (nSPS) is 18.1. The van der Waals surface area contributed by atoms with Gasteiger partial charge >= 0.3 is 12.0 Å². The van der Waals surface area contributed by atoms with E-state index in [4.69, 9.17) is 14.2 Å². The van der Waals surface area contributed by atoms with E-state index in [0.29, 0.717) is 34.2 Å². The zero-order chi connectivity index (χ0) is 37.1. The molecule has 1 saturated heterocycles. The van der Waals surface area contributed by atoms with Gasteiger partial charge in [-0.1, -0.05) is 0 Å². The van der Waals surface area contributed by atoms with Crippen molar-refractivity contribution < 1.29 is 31.8 Å². The minimum Gasteiger partial charge on any atom is -0.480 e. The molecule has 3 aromatic heterocycles. The number of nitrogens with zero attached hydrogens (tertiary/aromatic N) is 9. The number of halogens is 5. The topological polar surface area (TPSA) is 118 Å². The molecule has 0 radical (unpaired) electrons. The van der Waals surface area contributed by atoms with Gasteiger partial charge in [0.1, 0.15) is 34.8 Å². The Balaban J connectivity index is 0.000000217. The molecule has 1 aliphatic heterocycles. The fourth-order valence-electron chi connectivity index (χ4n) is 6.62. The van der Waals surface area contributed by atoms with E-state index in [0.717, 1.165) is 74.4 Å². The summed E-state index contributed by atoms with van der Waals surface area (Å²) < 4.78 is 73.1. The SMILES string of the molecule is CC(C)n1nc(Br)nc1Oc1cc(F)cc(F)c1.COc1cc(N2C[C@H]3CC[C@@H](C2)C3Cc2nc(Oc3cc(F)cc(F)c3)n(C(C)C)n2)cnn1. The Morgan fingerprint density at radius 2 is 1.27 bits per heavy atom. The summed E-state index contributed by atoms with van der Waals surface area (Å²) in [5, 5.41) is 16.8. The largest absolute Gasteiger partial charge is 0.480 e. The van der Waals surface area contributed by atoms with Crippen molar-refractivity contribution >= 4 is 21.6 Å². The van der Waals surface area contributed by atoms with Gasteiger partial charge in [0.2, 0.25) is 10.6 Å². The molecule has 2 aliphatic rings. The minimum absolute atomic E-state index is 0.0113. The summed E-state index contributed by atoms with van der Waals surface area (Å²) >= 11 is 3.12. The van der Waals surface area contributed by atoms with Crippen molar-refractivity contribution in [2.24, 2.45) is 17.8 Å². The van der Waals surface area contributed by atoms with Crippen molar-refractivity contribution in [1.29, 1.82) is 0 Å². The molecule has 0 N–H and O–H groups in total. The predicted molar refractivity (Wildman–Crippen MR) is 186 cm³/mol. The number of hydrogen-bond donors (Lipinski definition) is 0. The molecule has 4 heterocycles. The van der Waals surface area contributed by atoms with Gasteiger partial charge in [-0.05, 0) is 74.2 Å². The first-order chi connectivity index (χ1) is 24.8. The van der Waals surface area contributed by atoms with E-state index in [2.05, 4.69) is 51.2 Å². The van der Waals surface area contributed by atoms with Crippen LogP contribution in [0.4, 0.5) is 23.2 Å². The van der Waals surface area contributed by atoms with E-state index in [1.54, 1.807) is 18.0 Å². The second-order valence-electron chi connectivity index (χ2n) is 13.3. The molecule has 17 heteroatoms. The van der Waals surface area contributed by atoms with Crippen LogP contribution in [-0.2, 0) is 6.42 Å². The smallest absolute Gasteiger partial charge is 0.321 e. The van der Waals surface area contributed by atoms with Crippen LogP contribution in [0.2, 0.25) is 0 Å². The van der Waals surface area contributed by atoms with Crippen LogP contribution in [-0.4, -0.2) is 59.9 Å². The molecule has 1 aliphatic carbocycles. The molecule has 3 atom stereocenters. The second kappa shape index (κ2) is 15.8. The maximum atomic E-state index is 13.6. The molecule has 1 saturated carbocycles. The quantitative estimate of drug-likeness (QED) is 0.129. The molecule has 1 unspecified atom stereocenters. The van der Waals surface area contributed by atoms with Crippen molar-refractivity contribution in [2.45, 2.75) is 59.0 Å². The number of methoxy groups -OCH3 is 1. The van der Waals surface area contributed by atoms with E-state index < -0.39 is 23.3 Å². The third kappa shape index (κ3) is 8.80. The molecule has 0 spiro atoms. The summed E-state index contributed by atoms with van der Waals surface area (Å²) in [7, 11) is 1.59. The molecule has 276 valence electrons. The highest BCUT2D eigenvalue weighted by Crippen LogP contribution is 2.45. The Bertz CT molecular complexity index is 1960. The van der Waals surface area contributed by atoms with E-state index in [1.807, 2.05) is 33.8 Å². The average Bonchev–Trinajstić information content (AvgIpc) is 3.71. The summed E-state index contributed by atoms with van der Waals surface area (Å²) in [6, 6.07) is 8.37. The summed E-state index contributed by atoms with van der Waals surface area (Å²) in [5.41, 5.74) is 1.03. The van der Waals surface area contributed by atoms with Crippen molar-refractivity contribution in [3.8, 4) is 29.4 Å². The number of hydrogen-bond acceptors (Lipinski definition) is 10. The van der Waals surface area contributed by atoms with Crippen LogP contribution >= 0.6 is 15.9 Å². The lowest BCUT2D eigenvalue weighted by Crippen LogP contribution is -2.42. The number of ether oxygens (including phenoxy) is 3. The summed E-state index contributed by atoms with van der Waals surface area (Å²) in [4.78, 5) is 11.0. The third-order valence-electron chi connectivity index (χ3n) is 8.93. The highest BCUT2D eigenvalue weighted by atomic mass is 79.9. The third-order valence-corrected chi connectivity index (χ3v) is 9.26. The van der Waals surface area contributed by atoms with Gasteiger partial charge in [-0.2, -0.15) is 20.2 Å². The Hall–Kier alpha value is -4.80.